The number of benzene rings is 1. The SMILES string of the molecule is CCc1nc(N)c(C)c(Nc2cc(Br)ccc2F)n1. The third-order valence-corrected chi connectivity index (χ3v) is 3.22. The molecule has 0 saturated carbocycles. The van der Waals surface area contributed by atoms with Gasteiger partial charge < -0.3 is 11.1 Å². The van der Waals surface area contributed by atoms with E-state index in [-0.39, 0.29) is 5.82 Å². The molecule has 0 unspecified atom stereocenters. The largest absolute Gasteiger partial charge is 0.383 e. The van der Waals surface area contributed by atoms with Gasteiger partial charge in [0.1, 0.15) is 23.3 Å². The van der Waals surface area contributed by atoms with E-state index in [0.717, 1.165) is 4.47 Å². The molecule has 100 valence electrons. The average molecular weight is 325 g/mol. The van der Waals surface area contributed by atoms with Crippen molar-refractivity contribution in [2.75, 3.05) is 11.1 Å². The van der Waals surface area contributed by atoms with Gasteiger partial charge in [-0.15, -0.1) is 0 Å². The van der Waals surface area contributed by atoms with Crippen molar-refractivity contribution in [3.05, 3.63) is 39.9 Å². The molecule has 6 heteroatoms. The van der Waals surface area contributed by atoms with Gasteiger partial charge in [-0.05, 0) is 25.1 Å². The molecule has 3 N–H and O–H groups in total. The third-order valence-electron chi connectivity index (χ3n) is 2.73. The minimum atomic E-state index is -0.349. The predicted molar refractivity (Wildman–Crippen MR) is 77.9 cm³/mol. The van der Waals surface area contributed by atoms with E-state index in [9.17, 15) is 4.39 Å². The van der Waals surface area contributed by atoms with Crippen LogP contribution < -0.4 is 11.1 Å². The summed E-state index contributed by atoms with van der Waals surface area (Å²) in [5.41, 5.74) is 6.87. The highest BCUT2D eigenvalue weighted by molar-refractivity contribution is 9.10. The minimum Gasteiger partial charge on any atom is -0.383 e. The maximum atomic E-state index is 13.7. The minimum absolute atomic E-state index is 0.345. The van der Waals surface area contributed by atoms with Crippen molar-refractivity contribution in [2.24, 2.45) is 0 Å². The van der Waals surface area contributed by atoms with Crippen LogP contribution in [0.25, 0.3) is 0 Å². The van der Waals surface area contributed by atoms with Crippen LogP contribution in [0.2, 0.25) is 0 Å². The number of nitrogens with two attached hydrogens (primary N) is 1. The molecule has 0 amide bonds. The number of halogens is 2. The van der Waals surface area contributed by atoms with E-state index in [1.165, 1.54) is 6.07 Å². The number of nitrogens with one attached hydrogen (secondary N) is 1. The van der Waals surface area contributed by atoms with Gasteiger partial charge in [-0.1, -0.05) is 22.9 Å². The predicted octanol–water partition coefficient (Wildman–Crippen LogP) is 3.57. The molecule has 2 aromatic rings. The van der Waals surface area contributed by atoms with Crippen LogP contribution in [0.15, 0.2) is 22.7 Å². The lowest BCUT2D eigenvalue weighted by atomic mass is 10.2. The summed E-state index contributed by atoms with van der Waals surface area (Å²) in [5, 5.41) is 2.96. The van der Waals surface area contributed by atoms with Gasteiger partial charge >= 0.3 is 0 Å². The van der Waals surface area contributed by atoms with Crippen molar-refractivity contribution >= 4 is 33.3 Å². The Hall–Kier alpha value is -1.69. The number of rotatable bonds is 3. The van der Waals surface area contributed by atoms with Gasteiger partial charge in [0.05, 0.1) is 5.69 Å². The molecule has 0 spiro atoms. The maximum Gasteiger partial charge on any atom is 0.146 e. The lowest BCUT2D eigenvalue weighted by molar-refractivity contribution is 0.631. The summed E-state index contributed by atoms with van der Waals surface area (Å²) in [4.78, 5) is 8.49. The zero-order valence-corrected chi connectivity index (χ0v) is 12.3. The van der Waals surface area contributed by atoms with Crippen LogP contribution in [0.1, 0.15) is 18.3 Å². The van der Waals surface area contributed by atoms with Gasteiger partial charge in [0.25, 0.3) is 0 Å². The van der Waals surface area contributed by atoms with E-state index in [1.54, 1.807) is 19.1 Å². The maximum absolute atomic E-state index is 13.7. The fraction of sp³-hybridized carbons (Fsp3) is 0.231. The summed E-state index contributed by atoms with van der Waals surface area (Å²) < 4.78 is 14.5. The van der Waals surface area contributed by atoms with E-state index in [2.05, 4.69) is 31.2 Å². The van der Waals surface area contributed by atoms with Crippen LogP contribution in [-0.2, 0) is 6.42 Å². The van der Waals surface area contributed by atoms with Crippen molar-refractivity contribution in [1.29, 1.82) is 0 Å². The van der Waals surface area contributed by atoms with Crippen molar-refractivity contribution in [3.63, 3.8) is 0 Å². The standard InChI is InChI=1S/C13H14BrFN4/c1-3-11-18-12(16)7(2)13(19-11)17-10-6-8(14)4-5-9(10)15/h4-6H,3H2,1-2H3,(H3,16,17,18,19). The van der Waals surface area contributed by atoms with Crippen molar-refractivity contribution < 1.29 is 4.39 Å². The highest BCUT2D eigenvalue weighted by atomic mass is 79.9. The third kappa shape index (κ3) is 3.01. The Bertz CT molecular complexity index is 616. The highest BCUT2D eigenvalue weighted by Crippen LogP contribution is 2.26. The second-order valence-corrected chi connectivity index (χ2v) is 5.02. The topological polar surface area (TPSA) is 63.8 Å². The molecule has 19 heavy (non-hydrogen) atoms. The number of aromatic nitrogens is 2. The number of anilines is 3. The Morgan fingerprint density at radius 2 is 2.11 bits per heavy atom. The first kappa shape index (κ1) is 13.7. The summed E-state index contributed by atoms with van der Waals surface area (Å²) in [5.74, 6) is 1.21. The van der Waals surface area contributed by atoms with E-state index < -0.39 is 0 Å². The second kappa shape index (κ2) is 5.52. The first-order valence-corrected chi connectivity index (χ1v) is 6.65. The zero-order chi connectivity index (χ0) is 14.0. The van der Waals surface area contributed by atoms with Crippen molar-refractivity contribution in [3.8, 4) is 0 Å². The summed E-state index contributed by atoms with van der Waals surface area (Å²) in [7, 11) is 0. The molecule has 0 aliphatic rings. The quantitative estimate of drug-likeness (QED) is 0.905. The fourth-order valence-electron chi connectivity index (χ4n) is 1.58. The molecule has 1 heterocycles. The molecule has 0 radical (unpaired) electrons. The van der Waals surface area contributed by atoms with Crippen molar-refractivity contribution in [1.82, 2.24) is 9.97 Å². The number of nitrogens with zero attached hydrogens (tertiary/aromatic N) is 2. The van der Waals surface area contributed by atoms with Gasteiger partial charge in [0.15, 0.2) is 0 Å². The number of nitrogen functional groups attached to an aromatic ring is 1. The van der Waals surface area contributed by atoms with Crippen molar-refractivity contribution in [2.45, 2.75) is 20.3 Å². The van der Waals surface area contributed by atoms with Gasteiger partial charge in [-0.25, -0.2) is 14.4 Å². The van der Waals surface area contributed by atoms with E-state index in [1.807, 2.05) is 6.92 Å². The first-order valence-electron chi connectivity index (χ1n) is 5.86. The number of hydrogen-bond donors (Lipinski definition) is 2. The molecule has 0 aliphatic heterocycles. The van der Waals surface area contributed by atoms with Crippen LogP contribution in [0.4, 0.5) is 21.7 Å². The Kier molecular flexibility index (Phi) is 3.99. The van der Waals surface area contributed by atoms with Crippen LogP contribution in [0.5, 0.6) is 0 Å². The number of hydrogen-bond acceptors (Lipinski definition) is 4. The van der Waals surface area contributed by atoms with Crippen LogP contribution >= 0.6 is 15.9 Å². The number of aryl methyl sites for hydroxylation is 1. The average Bonchev–Trinajstić information content (AvgIpc) is 2.38. The molecule has 4 nitrogen and oxygen atoms in total. The summed E-state index contributed by atoms with van der Waals surface area (Å²) in [6.45, 7) is 3.74. The van der Waals surface area contributed by atoms with Gasteiger partial charge in [-0.3, -0.25) is 0 Å². The molecule has 1 aromatic heterocycles. The van der Waals surface area contributed by atoms with Gasteiger partial charge in [0.2, 0.25) is 0 Å². The fourth-order valence-corrected chi connectivity index (χ4v) is 1.94. The molecule has 0 saturated heterocycles. The van der Waals surface area contributed by atoms with Gasteiger partial charge in [0, 0.05) is 16.5 Å². The van der Waals surface area contributed by atoms with E-state index in [4.69, 9.17) is 5.73 Å². The molecule has 0 aliphatic carbocycles. The van der Waals surface area contributed by atoms with Crippen LogP contribution in [0, 0.1) is 12.7 Å². The van der Waals surface area contributed by atoms with E-state index in [0.29, 0.717) is 35.1 Å². The first-order chi connectivity index (χ1) is 9.01. The Morgan fingerprint density at radius 3 is 2.79 bits per heavy atom. The summed E-state index contributed by atoms with van der Waals surface area (Å²) in [6, 6.07) is 4.67. The van der Waals surface area contributed by atoms with E-state index >= 15 is 0 Å². The molecule has 2 rings (SSSR count). The zero-order valence-electron chi connectivity index (χ0n) is 10.7. The van der Waals surface area contributed by atoms with Crippen LogP contribution in [-0.4, -0.2) is 9.97 Å². The Balaban J connectivity index is 2.42. The summed E-state index contributed by atoms with van der Waals surface area (Å²) in [6.07, 6.45) is 0.667. The monoisotopic (exact) mass is 324 g/mol. The normalized spacial score (nSPS) is 10.5. The molecule has 0 atom stereocenters. The van der Waals surface area contributed by atoms with Crippen LogP contribution in [0.3, 0.4) is 0 Å². The molecular weight excluding hydrogens is 311 g/mol. The molecule has 0 fully saturated rings. The van der Waals surface area contributed by atoms with Gasteiger partial charge in [-0.2, -0.15) is 0 Å². The lowest BCUT2D eigenvalue weighted by Gasteiger charge is -2.12. The smallest absolute Gasteiger partial charge is 0.146 e. The lowest BCUT2D eigenvalue weighted by Crippen LogP contribution is -2.07. The Labute approximate surface area is 119 Å². The molecule has 0 bridgehead atoms. The highest BCUT2D eigenvalue weighted by Gasteiger charge is 2.10. The summed E-state index contributed by atoms with van der Waals surface area (Å²) >= 11 is 3.31. The molecular formula is C13H14BrFN4. The Morgan fingerprint density at radius 1 is 1.37 bits per heavy atom. The molecule has 1 aromatic carbocycles. The second-order valence-electron chi connectivity index (χ2n) is 4.10.